The Kier molecular flexibility index (Phi) is 5.18. The molecular formula is C19H14Br2N2O4. The van der Waals surface area contributed by atoms with Gasteiger partial charge in [0.1, 0.15) is 5.52 Å². The molecule has 0 aliphatic carbocycles. The minimum atomic E-state index is -0.230. The van der Waals surface area contributed by atoms with E-state index in [0.29, 0.717) is 29.3 Å². The van der Waals surface area contributed by atoms with Crippen molar-refractivity contribution in [3.8, 4) is 17.2 Å². The minimum Gasteiger partial charge on any atom is -0.480 e. The first-order valence-corrected chi connectivity index (χ1v) is 9.71. The van der Waals surface area contributed by atoms with Crippen LogP contribution in [-0.4, -0.2) is 24.3 Å². The zero-order chi connectivity index (χ0) is 18.8. The summed E-state index contributed by atoms with van der Waals surface area (Å²) in [6.07, 6.45) is 1.69. The van der Waals surface area contributed by atoms with Gasteiger partial charge in [-0.15, -0.1) is 0 Å². The lowest BCUT2D eigenvalue weighted by molar-refractivity contribution is -0.123. The molecule has 138 valence electrons. The Labute approximate surface area is 172 Å². The summed E-state index contributed by atoms with van der Waals surface area (Å²) in [4.78, 5) is 16.6. The number of carbonyl (C=O) groups is 1. The summed E-state index contributed by atoms with van der Waals surface area (Å²) in [5.74, 6) is 1.71. The van der Waals surface area contributed by atoms with Gasteiger partial charge in [-0.1, -0.05) is 28.1 Å². The number of halogens is 2. The molecule has 0 spiro atoms. The Morgan fingerprint density at radius 2 is 2.00 bits per heavy atom. The molecule has 4 rings (SSSR count). The Bertz CT molecular complexity index is 1030. The molecule has 2 aromatic carbocycles. The topological polar surface area (TPSA) is 69.7 Å². The summed E-state index contributed by atoms with van der Waals surface area (Å²) >= 11 is 6.98. The molecule has 27 heavy (non-hydrogen) atoms. The van der Waals surface area contributed by atoms with Gasteiger partial charge in [-0.05, 0) is 45.8 Å². The summed E-state index contributed by atoms with van der Waals surface area (Å²) in [7, 11) is 0. The monoisotopic (exact) mass is 492 g/mol. The third-order valence-corrected chi connectivity index (χ3v) is 5.27. The van der Waals surface area contributed by atoms with Crippen molar-refractivity contribution in [1.29, 1.82) is 0 Å². The van der Waals surface area contributed by atoms with Crippen molar-refractivity contribution in [2.24, 2.45) is 0 Å². The molecular weight excluding hydrogens is 480 g/mol. The molecule has 0 saturated heterocycles. The lowest BCUT2D eigenvalue weighted by atomic mass is 10.2. The van der Waals surface area contributed by atoms with Gasteiger partial charge in [0.2, 0.25) is 6.79 Å². The highest BCUT2D eigenvalue weighted by Crippen LogP contribution is 2.37. The van der Waals surface area contributed by atoms with Crippen LogP contribution in [0.15, 0.2) is 51.5 Å². The highest BCUT2D eigenvalue weighted by atomic mass is 79.9. The number of pyridine rings is 1. The molecule has 1 amide bonds. The van der Waals surface area contributed by atoms with Gasteiger partial charge in [0.25, 0.3) is 5.91 Å². The SMILES string of the molecule is O=C(COc1c(Br)cc(Br)c2cccnc12)NCc1ccc2c(c1)OCO2. The van der Waals surface area contributed by atoms with E-state index >= 15 is 0 Å². The van der Waals surface area contributed by atoms with Crippen LogP contribution in [0.4, 0.5) is 0 Å². The molecule has 1 N–H and O–H groups in total. The van der Waals surface area contributed by atoms with Crippen molar-refractivity contribution in [2.45, 2.75) is 6.54 Å². The van der Waals surface area contributed by atoms with Crippen LogP contribution in [0.2, 0.25) is 0 Å². The summed E-state index contributed by atoms with van der Waals surface area (Å²) < 4.78 is 18.0. The maximum absolute atomic E-state index is 12.2. The van der Waals surface area contributed by atoms with E-state index in [1.54, 1.807) is 6.20 Å². The second-order valence-corrected chi connectivity index (χ2v) is 7.53. The number of amides is 1. The smallest absolute Gasteiger partial charge is 0.258 e. The molecule has 0 unspecified atom stereocenters. The molecule has 1 aromatic heterocycles. The van der Waals surface area contributed by atoms with Gasteiger partial charge in [-0.3, -0.25) is 9.78 Å². The fourth-order valence-electron chi connectivity index (χ4n) is 2.72. The number of fused-ring (bicyclic) bond motifs is 2. The molecule has 0 saturated carbocycles. The first kappa shape index (κ1) is 18.1. The number of nitrogens with one attached hydrogen (secondary N) is 1. The molecule has 8 heteroatoms. The normalized spacial score (nSPS) is 12.2. The zero-order valence-corrected chi connectivity index (χ0v) is 17.2. The highest BCUT2D eigenvalue weighted by Gasteiger charge is 2.15. The second-order valence-electron chi connectivity index (χ2n) is 5.82. The number of carbonyl (C=O) groups excluding carboxylic acids is 1. The predicted molar refractivity (Wildman–Crippen MR) is 107 cm³/mol. The van der Waals surface area contributed by atoms with E-state index in [1.165, 1.54) is 0 Å². The Balaban J connectivity index is 1.40. The largest absolute Gasteiger partial charge is 0.480 e. The van der Waals surface area contributed by atoms with Gasteiger partial charge >= 0.3 is 0 Å². The maximum Gasteiger partial charge on any atom is 0.258 e. The number of benzene rings is 2. The third kappa shape index (κ3) is 3.86. The van der Waals surface area contributed by atoms with Crippen LogP contribution in [-0.2, 0) is 11.3 Å². The van der Waals surface area contributed by atoms with E-state index < -0.39 is 0 Å². The molecule has 0 radical (unpaired) electrons. The first-order valence-electron chi connectivity index (χ1n) is 8.12. The Morgan fingerprint density at radius 3 is 2.89 bits per heavy atom. The number of rotatable bonds is 5. The molecule has 1 aliphatic rings. The average molecular weight is 494 g/mol. The quantitative estimate of drug-likeness (QED) is 0.577. The van der Waals surface area contributed by atoms with Gasteiger partial charge in [-0.2, -0.15) is 0 Å². The number of hydrogen-bond acceptors (Lipinski definition) is 5. The Hall–Kier alpha value is -2.32. The number of nitrogens with zero attached hydrogens (tertiary/aromatic N) is 1. The second kappa shape index (κ2) is 7.74. The molecule has 3 aromatic rings. The van der Waals surface area contributed by atoms with E-state index in [2.05, 4.69) is 42.2 Å². The van der Waals surface area contributed by atoms with Crippen molar-refractivity contribution in [3.05, 3.63) is 57.1 Å². The first-order chi connectivity index (χ1) is 13.1. The van der Waals surface area contributed by atoms with Gasteiger partial charge in [0.05, 0.1) is 4.47 Å². The molecule has 0 bridgehead atoms. The third-order valence-electron chi connectivity index (χ3n) is 4.02. The van der Waals surface area contributed by atoms with E-state index in [9.17, 15) is 4.79 Å². The number of aromatic nitrogens is 1. The van der Waals surface area contributed by atoms with Gasteiger partial charge in [0.15, 0.2) is 23.9 Å². The summed E-state index contributed by atoms with van der Waals surface area (Å²) in [6, 6.07) is 11.2. The van der Waals surface area contributed by atoms with Crippen molar-refractivity contribution in [2.75, 3.05) is 13.4 Å². The standard InChI is InChI=1S/C19H14Br2N2O4/c20-13-7-14(21)19(18-12(13)2-1-5-22-18)25-9-17(24)23-8-11-3-4-15-16(6-11)27-10-26-15/h1-7H,8-10H2,(H,23,24). The summed E-state index contributed by atoms with van der Waals surface area (Å²) in [6.45, 7) is 0.485. The zero-order valence-electron chi connectivity index (χ0n) is 14.0. The molecule has 0 atom stereocenters. The predicted octanol–water partition coefficient (Wildman–Crippen LogP) is 4.18. The lowest BCUT2D eigenvalue weighted by Gasteiger charge is -2.12. The van der Waals surface area contributed by atoms with Crippen LogP contribution in [0.5, 0.6) is 17.2 Å². The Morgan fingerprint density at radius 1 is 1.15 bits per heavy atom. The highest BCUT2D eigenvalue weighted by molar-refractivity contribution is 9.11. The van der Waals surface area contributed by atoms with Gasteiger partial charge in [-0.25, -0.2) is 0 Å². The number of ether oxygens (including phenoxy) is 3. The van der Waals surface area contributed by atoms with Crippen LogP contribution < -0.4 is 19.5 Å². The van der Waals surface area contributed by atoms with Crippen LogP contribution in [0, 0.1) is 0 Å². The molecule has 6 nitrogen and oxygen atoms in total. The van der Waals surface area contributed by atoms with Crippen LogP contribution in [0.3, 0.4) is 0 Å². The summed E-state index contributed by atoms with van der Waals surface area (Å²) in [5.41, 5.74) is 1.60. The van der Waals surface area contributed by atoms with Crippen LogP contribution in [0.1, 0.15) is 5.56 Å². The maximum atomic E-state index is 12.2. The van der Waals surface area contributed by atoms with Crippen molar-refractivity contribution >= 4 is 48.7 Å². The van der Waals surface area contributed by atoms with Crippen LogP contribution >= 0.6 is 31.9 Å². The van der Waals surface area contributed by atoms with E-state index in [1.807, 2.05) is 36.4 Å². The van der Waals surface area contributed by atoms with Crippen LogP contribution in [0.25, 0.3) is 10.9 Å². The summed E-state index contributed by atoms with van der Waals surface area (Å²) in [5, 5.41) is 3.75. The molecule has 2 heterocycles. The fourth-order valence-corrected chi connectivity index (χ4v) is 4.11. The van der Waals surface area contributed by atoms with E-state index in [-0.39, 0.29) is 19.3 Å². The molecule has 0 fully saturated rings. The van der Waals surface area contributed by atoms with Gasteiger partial charge < -0.3 is 19.5 Å². The number of hydrogen-bond donors (Lipinski definition) is 1. The fraction of sp³-hybridized carbons (Fsp3) is 0.158. The van der Waals surface area contributed by atoms with E-state index in [0.717, 1.165) is 19.9 Å². The van der Waals surface area contributed by atoms with Crippen molar-refractivity contribution in [3.63, 3.8) is 0 Å². The van der Waals surface area contributed by atoms with Crippen molar-refractivity contribution in [1.82, 2.24) is 10.3 Å². The van der Waals surface area contributed by atoms with Gasteiger partial charge in [0, 0.05) is 22.6 Å². The average Bonchev–Trinajstić information content (AvgIpc) is 3.14. The molecule has 1 aliphatic heterocycles. The minimum absolute atomic E-state index is 0.115. The lowest BCUT2D eigenvalue weighted by Crippen LogP contribution is -2.28. The van der Waals surface area contributed by atoms with E-state index in [4.69, 9.17) is 14.2 Å². The van der Waals surface area contributed by atoms with Crippen molar-refractivity contribution < 1.29 is 19.0 Å².